The van der Waals surface area contributed by atoms with Crippen LogP contribution in [0.15, 0.2) is 34.6 Å². The fourth-order valence-corrected chi connectivity index (χ4v) is 3.73. The Morgan fingerprint density at radius 2 is 2.29 bits per heavy atom. The first kappa shape index (κ1) is 16.8. The number of aromatic nitrogens is 3. The molecule has 24 heavy (non-hydrogen) atoms. The van der Waals surface area contributed by atoms with Crippen LogP contribution in [0.3, 0.4) is 0 Å². The number of thioether (sulfide) groups is 1. The number of nitrogens with one attached hydrogen (secondary N) is 1. The number of amides is 1. The second-order valence-corrected chi connectivity index (χ2v) is 6.88. The number of nitrogens with zero attached hydrogens (tertiary/aromatic N) is 3. The quantitative estimate of drug-likeness (QED) is 0.616. The van der Waals surface area contributed by atoms with E-state index in [-0.39, 0.29) is 5.91 Å². The first-order valence-electron chi connectivity index (χ1n) is 8.19. The number of carbonyl (C=O) groups is 1. The third kappa shape index (κ3) is 3.72. The van der Waals surface area contributed by atoms with Crippen LogP contribution in [-0.4, -0.2) is 32.5 Å². The summed E-state index contributed by atoms with van der Waals surface area (Å²) >= 11 is 1.40. The molecule has 0 unspecified atom stereocenters. The summed E-state index contributed by atoms with van der Waals surface area (Å²) < 4.78 is 7.31. The zero-order valence-electron chi connectivity index (χ0n) is 13.8. The molecule has 0 spiro atoms. The Kier molecular flexibility index (Phi) is 5.40. The molecule has 0 atom stereocenters. The van der Waals surface area contributed by atoms with Crippen molar-refractivity contribution in [1.82, 2.24) is 20.1 Å². The van der Waals surface area contributed by atoms with Crippen molar-refractivity contribution in [3.8, 4) is 11.4 Å². The highest BCUT2D eigenvalue weighted by Crippen LogP contribution is 2.27. The number of furan rings is 1. The van der Waals surface area contributed by atoms with Gasteiger partial charge in [0.15, 0.2) is 11.0 Å². The summed E-state index contributed by atoms with van der Waals surface area (Å²) in [4.78, 5) is 12.1. The molecule has 6 nitrogen and oxygen atoms in total. The van der Waals surface area contributed by atoms with E-state index >= 15 is 0 Å². The van der Waals surface area contributed by atoms with E-state index in [1.807, 2.05) is 17.6 Å². The van der Waals surface area contributed by atoms with Crippen LogP contribution >= 0.6 is 11.8 Å². The molecule has 1 saturated carbocycles. The molecule has 2 heterocycles. The summed E-state index contributed by atoms with van der Waals surface area (Å²) in [6, 6.07) is 2.22. The normalized spacial score (nSPS) is 14.9. The average Bonchev–Trinajstić information content (AvgIpc) is 3.28. The lowest BCUT2D eigenvalue weighted by molar-refractivity contribution is -0.119. The highest BCUT2D eigenvalue weighted by Gasteiger charge is 2.20. The molecule has 1 amide bonds. The number of aryl methyl sites for hydroxylation is 1. The number of carbonyl (C=O) groups excluding carboxylic acids is 1. The Bertz CT molecular complexity index is 716. The molecule has 0 aromatic carbocycles. The third-order valence-corrected chi connectivity index (χ3v) is 5.15. The maximum absolute atomic E-state index is 12.1. The monoisotopic (exact) mass is 346 g/mol. The van der Waals surface area contributed by atoms with Gasteiger partial charge in [-0.2, -0.15) is 0 Å². The summed E-state index contributed by atoms with van der Waals surface area (Å²) in [6.45, 7) is 6.27. The van der Waals surface area contributed by atoms with E-state index in [4.69, 9.17) is 4.42 Å². The lowest BCUT2D eigenvalue weighted by atomic mass is 10.2. The van der Waals surface area contributed by atoms with Gasteiger partial charge in [0.1, 0.15) is 5.76 Å². The Morgan fingerprint density at radius 1 is 1.50 bits per heavy atom. The maximum Gasteiger partial charge on any atom is 0.230 e. The van der Waals surface area contributed by atoms with Crippen LogP contribution in [0, 0.1) is 6.92 Å². The Morgan fingerprint density at radius 3 is 2.96 bits per heavy atom. The smallest absolute Gasteiger partial charge is 0.230 e. The van der Waals surface area contributed by atoms with Crippen LogP contribution in [-0.2, 0) is 11.3 Å². The van der Waals surface area contributed by atoms with Crippen LogP contribution in [0.5, 0.6) is 0 Å². The second kappa shape index (κ2) is 7.70. The number of hydrogen-bond acceptors (Lipinski definition) is 5. The third-order valence-electron chi connectivity index (χ3n) is 4.18. The highest BCUT2D eigenvalue weighted by atomic mass is 32.2. The SMILES string of the molecule is C=CCn1c(SCC(=O)NC2CCCC2)nnc1-c1ccoc1C. The van der Waals surface area contributed by atoms with Gasteiger partial charge in [0.05, 0.1) is 17.6 Å². The van der Waals surface area contributed by atoms with Gasteiger partial charge in [0, 0.05) is 12.6 Å². The van der Waals surface area contributed by atoms with Gasteiger partial charge in [-0.15, -0.1) is 16.8 Å². The van der Waals surface area contributed by atoms with Gasteiger partial charge in [-0.3, -0.25) is 9.36 Å². The van der Waals surface area contributed by atoms with Crippen LogP contribution in [0.4, 0.5) is 0 Å². The van der Waals surface area contributed by atoms with E-state index in [0.29, 0.717) is 23.5 Å². The fraction of sp³-hybridized carbons (Fsp3) is 0.471. The average molecular weight is 346 g/mol. The van der Waals surface area contributed by atoms with Gasteiger partial charge < -0.3 is 9.73 Å². The molecule has 7 heteroatoms. The molecule has 1 fully saturated rings. The first-order chi connectivity index (χ1) is 11.7. The molecule has 0 saturated heterocycles. The van der Waals surface area contributed by atoms with Gasteiger partial charge in [-0.1, -0.05) is 30.7 Å². The topological polar surface area (TPSA) is 73.0 Å². The van der Waals surface area contributed by atoms with Crippen molar-refractivity contribution in [3.63, 3.8) is 0 Å². The van der Waals surface area contributed by atoms with E-state index in [1.165, 1.54) is 24.6 Å². The Balaban J connectivity index is 1.69. The van der Waals surface area contributed by atoms with Gasteiger partial charge in [-0.05, 0) is 25.8 Å². The minimum atomic E-state index is 0.0566. The molecular formula is C17H22N4O2S. The first-order valence-corrected chi connectivity index (χ1v) is 9.18. The van der Waals surface area contributed by atoms with Crippen molar-refractivity contribution in [2.45, 2.75) is 50.4 Å². The Labute approximate surface area is 145 Å². The molecule has 1 N–H and O–H groups in total. The van der Waals surface area contributed by atoms with E-state index < -0.39 is 0 Å². The van der Waals surface area contributed by atoms with Crippen LogP contribution in [0.2, 0.25) is 0 Å². The summed E-state index contributed by atoms with van der Waals surface area (Å²) in [6.07, 6.45) is 8.03. The molecule has 1 aliphatic carbocycles. The molecule has 128 valence electrons. The lowest BCUT2D eigenvalue weighted by Gasteiger charge is -2.11. The number of allylic oxidation sites excluding steroid dienone is 1. The molecule has 3 rings (SSSR count). The van der Waals surface area contributed by atoms with Crippen molar-refractivity contribution in [2.24, 2.45) is 0 Å². The minimum Gasteiger partial charge on any atom is -0.469 e. The predicted octanol–water partition coefficient (Wildman–Crippen LogP) is 3.18. The van der Waals surface area contributed by atoms with Crippen LogP contribution in [0.1, 0.15) is 31.4 Å². The van der Waals surface area contributed by atoms with Crippen molar-refractivity contribution in [1.29, 1.82) is 0 Å². The summed E-state index contributed by atoms with van der Waals surface area (Å²) in [7, 11) is 0. The van der Waals surface area contributed by atoms with Gasteiger partial charge in [0.2, 0.25) is 5.91 Å². The summed E-state index contributed by atoms with van der Waals surface area (Å²) in [5.74, 6) is 1.93. The number of rotatable bonds is 7. The molecular weight excluding hydrogens is 324 g/mol. The zero-order chi connectivity index (χ0) is 16.9. The predicted molar refractivity (Wildman–Crippen MR) is 93.8 cm³/mol. The maximum atomic E-state index is 12.1. The molecule has 2 aromatic rings. The van der Waals surface area contributed by atoms with Gasteiger partial charge in [0.25, 0.3) is 0 Å². The Hall–Kier alpha value is -2.02. The van der Waals surface area contributed by atoms with Crippen molar-refractivity contribution < 1.29 is 9.21 Å². The number of hydrogen-bond donors (Lipinski definition) is 1. The van der Waals surface area contributed by atoms with Crippen molar-refractivity contribution >= 4 is 17.7 Å². The van der Waals surface area contributed by atoms with Crippen molar-refractivity contribution in [2.75, 3.05) is 5.75 Å². The van der Waals surface area contributed by atoms with Gasteiger partial charge in [-0.25, -0.2) is 0 Å². The molecule has 0 aliphatic heterocycles. The van der Waals surface area contributed by atoms with Crippen LogP contribution in [0.25, 0.3) is 11.4 Å². The van der Waals surface area contributed by atoms with E-state index in [9.17, 15) is 4.79 Å². The zero-order valence-corrected chi connectivity index (χ0v) is 14.6. The largest absolute Gasteiger partial charge is 0.469 e. The minimum absolute atomic E-state index is 0.0566. The molecule has 0 radical (unpaired) electrons. The van der Waals surface area contributed by atoms with Crippen molar-refractivity contribution in [3.05, 3.63) is 30.7 Å². The van der Waals surface area contributed by atoms with Gasteiger partial charge >= 0.3 is 0 Å². The standard InChI is InChI=1S/C17H22N4O2S/c1-3-9-21-16(14-8-10-23-12(14)2)19-20-17(21)24-11-15(22)18-13-6-4-5-7-13/h3,8,10,13H,1,4-7,9,11H2,2H3,(H,18,22). The molecule has 0 bridgehead atoms. The van der Waals surface area contributed by atoms with E-state index in [0.717, 1.165) is 30.0 Å². The second-order valence-electron chi connectivity index (χ2n) is 5.93. The highest BCUT2D eigenvalue weighted by molar-refractivity contribution is 7.99. The van der Waals surface area contributed by atoms with E-state index in [2.05, 4.69) is 22.1 Å². The lowest BCUT2D eigenvalue weighted by Crippen LogP contribution is -2.33. The van der Waals surface area contributed by atoms with Crippen LogP contribution < -0.4 is 5.32 Å². The molecule has 1 aliphatic rings. The molecule has 2 aromatic heterocycles. The summed E-state index contributed by atoms with van der Waals surface area (Å²) in [5, 5.41) is 12.3. The summed E-state index contributed by atoms with van der Waals surface area (Å²) in [5.41, 5.74) is 0.909. The fourth-order valence-electron chi connectivity index (χ4n) is 2.97. The van der Waals surface area contributed by atoms with E-state index in [1.54, 1.807) is 12.3 Å².